The van der Waals surface area contributed by atoms with Gasteiger partial charge in [0.25, 0.3) is 5.56 Å². The Labute approximate surface area is 183 Å². The molecule has 0 radical (unpaired) electrons. The summed E-state index contributed by atoms with van der Waals surface area (Å²) >= 11 is 1.17. The third-order valence-electron chi connectivity index (χ3n) is 5.04. The molecule has 0 unspecified atom stereocenters. The number of hydrogen-bond acceptors (Lipinski definition) is 6. The average molecular weight is 430 g/mol. The summed E-state index contributed by atoms with van der Waals surface area (Å²) in [6, 6.07) is 18.7. The minimum absolute atomic E-state index is 0.166. The number of ether oxygens (including phenoxy) is 1. The van der Waals surface area contributed by atoms with Gasteiger partial charge in [-0.05, 0) is 42.7 Å². The fraction of sp³-hybridized carbons (Fsp3) is 0.167. The second-order valence-corrected chi connectivity index (χ2v) is 8.16. The number of fused-ring (bicyclic) bond motifs is 1. The number of thiophene rings is 1. The molecule has 0 bridgehead atoms. The van der Waals surface area contributed by atoms with Crippen molar-refractivity contribution >= 4 is 27.5 Å². The van der Waals surface area contributed by atoms with Crippen LogP contribution in [0.4, 0.5) is 0 Å². The fourth-order valence-electron chi connectivity index (χ4n) is 3.41. The van der Waals surface area contributed by atoms with E-state index in [1.54, 1.807) is 36.6 Å². The zero-order chi connectivity index (χ0) is 22.0. The van der Waals surface area contributed by atoms with E-state index in [1.807, 2.05) is 36.4 Å². The van der Waals surface area contributed by atoms with Gasteiger partial charge < -0.3 is 4.74 Å². The summed E-state index contributed by atoms with van der Waals surface area (Å²) in [6.07, 6.45) is 0. The smallest absolute Gasteiger partial charge is 0.349 e. The molecule has 6 nitrogen and oxygen atoms in total. The number of hydrogen-bond donors (Lipinski definition) is 0. The van der Waals surface area contributed by atoms with Crippen LogP contribution < -0.4 is 5.56 Å². The fourth-order valence-corrected chi connectivity index (χ4v) is 4.52. The molecule has 0 saturated carbocycles. The summed E-state index contributed by atoms with van der Waals surface area (Å²) < 4.78 is 7.02. The predicted octanol–water partition coefficient (Wildman–Crippen LogP) is 4.35. The molecule has 154 valence electrons. The van der Waals surface area contributed by atoms with Crippen molar-refractivity contribution in [1.82, 2.24) is 9.55 Å². The molecule has 4 aromatic rings. The third kappa shape index (κ3) is 4.11. The van der Waals surface area contributed by atoms with Gasteiger partial charge in [-0.25, -0.2) is 9.78 Å². The van der Waals surface area contributed by atoms with Crippen molar-refractivity contribution in [3.8, 4) is 6.07 Å². The maximum absolute atomic E-state index is 13.3. The highest BCUT2D eigenvalue weighted by Crippen LogP contribution is 2.28. The Morgan fingerprint density at radius 3 is 2.61 bits per heavy atom. The van der Waals surface area contributed by atoms with Crippen LogP contribution in [0.3, 0.4) is 0 Å². The largest absolute Gasteiger partial charge is 0.457 e. The van der Waals surface area contributed by atoms with Crippen LogP contribution in [0.1, 0.15) is 37.7 Å². The Balaban J connectivity index is 1.67. The number of benzene rings is 2. The van der Waals surface area contributed by atoms with Crippen LogP contribution in [0, 0.1) is 25.2 Å². The topological polar surface area (TPSA) is 85.0 Å². The van der Waals surface area contributed by atoms with Crippen LogP contribution >= 0.6 is 11.3 Å². The van der Waals surface area contributed by atoms with E-state index in [9.17, 15) is 9.59 Å². The molecule has 0 saturated heterocycles. The quantitative estimate of drug-likeness (QED) is 0.440. The molecule has 2 heterocycles. The Bertz CT molecular complexity index is 1380. The average Bonchev–Trinajstić information content (AvgIpc) is 3.12. The van der Waals surface area contributed by atoms with Crippen LogP contribution in [-0.4, -0.2) is 15.5 Å². The number of aromatic nitrogens is 2. The first-order valence-electron chi connectivity index (χ1n) is 9.68. The highest BCUT2D eigenvalue weighted by molar-refractivity contribution is 7.20. The molecule has 0 aliphatic rings. The molecular formula is C24H19N3O3S. The van der Waals surface area contributed by atoms with Crippen molar-refractivity contribution in [1.29, 1.82) is 5.26 Å². The minimum Gasteiger partial charge on any atom is -0.457 e. The summed E-state index contributed by atoms with van der Waals surface area (Å²) in [5, 5.41) is 9.54. The molecule has 0 fully saturated rings. The van der Waals surface area contributed by atoms with Crippen LogP contribution in [-0.2, 0) is 17.9 Å². The number of nitriles is 1. The zero-order valence-electron chi connectivity index (χ0n) is 17.1. The molecule has 0 spiro atoms. The molecule has 2 aromatic carbocycles. The van der Waals surface area contributed by atoms with Gasteiger partial charge in [0.05, 0.1) is 23.6 Å². The molecule has 31 heavy (non-hydrogen) atoms. The standard InChI is InChI=1S/C24H19N3O3S/c1-15-20-22(31-21(15)24(29)30-14-17-7-4-3-5-8-17)26-16(2)27(23(20)28)13-19-10-6-9-18(11-19)12-25/h3-11H,13-14H2,1-2H3. The zero-order valence-corrected chi connectivity index (χ0v) is 17.9. The van der Waals surface area contributed by atoms with Crippen LogP contribution in [0.5, 0.6) is 0 Å². The van der Waals surface area contributed by atoms with E-state index in [2.05, 4.69) is 11.1 Å². The lowest BCUT2D eigenvalue weighted by molar-refractivity contribution is 0.0478. The van der Waals surface area contributed by atoms with Crippen molar-refractivity contribution in [3.05, 3.63) is 97.9 Å². The van der Waals surface area contributed by atoms with Crippen molar-refractivity contribution in [2.75, 3.05) is 0 Å². The molecular weight excluding hydrogens is 410 g/mol. The summed E-state index contributed by atoms with van der Waals surface area (Å²) in [4.78, 5) is 31.4. The van der Waals surface area contributed by atoms with Crippen molar-refractivity contribution in [3.63, 3.8) is 0 Å². The number of aryl methyl sites for hydroxylation is 2. The third-order valence-corrected chi connectivity index (χ3v) is 6.20. The van der Waals surface area contributed by atoms with Gasteiger partial charge in [0, 0.05) is 0 Å². The number of rotatable bonds is 5. The summed E-state index contributed by atoms with van der Waals surface area (Å²) in [5.41, 5.74) is 2.63. The monoisotopic (exact) mass is 429 g/mol. The lowest BCUT2D eigenvalue weighted by atomic mass is 10.1. The van der Waals surface area contributed by atoms with Crippen LogP contribution in [0.25, 0.3) is 10.2 Å². The lowest BCUT2D eigenvalue weighted by Crippen LogP contribution is -2.24. The number of esters is 1. The van der Waals surface area contributed by atoms with E-state index in [1.165, 1.54) is 11.3 Å². The van der Waals surface area contributed by atoms with Crippen molar-refractivity contribution in [2.45, 2.75) is 27.0 Å². The number of carbonyl (C=O) groups is 1. The van der Waals surface area contributed by atoms with Gasteiger partial charge in [0.1, 0.15) is 22.1 Å². The second-order valence-electron chi connectivity index (χ2n) is 7.16. The lowest BCUT2D eigenvalue weighted by Gasteiger charge is -2.10. The van der Waals surface area contributed by atoms with Crippen molar-refractivity contribution < 1.29 is 9.53 Å². The first-order valence-corrected chi connectivity index (χ1v) is 10.5. The van der Waals surface area contributed by atoms with Crippen LogP contribution in [0.2, 0.25) is 0 Å². The molecule has 2 aromatic heterocycles. The Morgan fingerprint density at radius 2 is 1.87 bits per heavy atom. The van der Waals surface area contributed by atoms with Crippen LogP contribution in [0.15, 0.2) is 59.4 Å². The SMILES string of the molecule is Cc1c(C(=O)OCc2ccccc2)sc2nc(C)n(Cc3cccc(C#N)c3)c(=O)c12. The number of carbonyl (C=O) groups excluding carboxylic acids is 1. The highest BCUT2D eigenvalue weighted by Gasteiger charge is 2.22. The van der Waals surface area contributed by atoms with Gasteiger partial charge >= 0.3 is 5.97 Å². The normalized spacial score (nSPS) is 10.7. The molecule has 0 N–H and O–H groups in total. The minimum atomic E-state index is -0.463. The molecule has 4 rings (SSSR count). The Hall–Kier alpha value is -3.76. The first kappa shape index (κ1) is 20.5. The van der Waals surface area contributed by atoms with E-state index in [-0.39, 0.29) is 12.2 Å². The predicted molar refractivity (Wildman–Crippen MR) is 119 cm³/mol. The van der Waals surface area contributed by atoms with Gasteiger partial charge in [-0.3, -0.25) is 9.36 Å². The van der Waals surface area contributed by atoms with Gasteiger partial charge in [0.2, 0.25) is 0 Å². The van der Waals surface area contributed by atoms with E-state index in [4.69, 9.17) is 10.00 Å². The van der Waals surface area contributed by atoms with Gasteiger partial charge in [-0.1, -0.05) is 42.5 Å². The van der Waals surface area contributed by atoms with Crippen molar-refractivity contribution in [2.24, 2.45) is 0 Å². The van der Waals surface area contributed by atoms with Gasteiger partial charge in [-0.2, -0.15) is 5.26 Å². The molecule has 0 aliphatic carbocycles. The first-order chi connectivity index (χ1) is 15.0. The van der Waals surface area contributed by atoms with E-state index >= 15 is 0 Å². The molecule has 7 heteroatoms. The summed E-state index contributed by atoms with van der Waals surface area (Å²) in [6.45, 7) is 3.97. The molecule has 0 aliphatic heterocycles. The second kappa shape index (κ2) is 8.54. The van der Waals surface area contributed by atoms with E-state index < -0.39 is 5.97 Å². The molecule has 0 atom stereocenters. The Kier molecular flexibility index (Phi) is 5.65. The Morgan fingerprint density at radius 1 is 1.13 bits per heavy atom. The summed E-state index contributed by atoms with van der Waals surface area (Å²) in [5.74, 6) is 0.0833. The molecule has 0 amide bonds. The highest BCUT2D eigenvalue weighted by atomic mass is 32.1. The van der Waals surface area contributed by atoms with Gasteiger partial charge in [-0.15, -0.1) is 11.3 Å². The summed E-state index contributed by atoms with van der Waals surface area (Å²) in [7, 11) is 0. The van der Waals surface area contributed by atoms with E-state index in [0.29, 0.717) is 38.6 Å². The number of nitrogens with zero attached hydrogens (tertiary/aromatic N) is 3. The van der Waals surface area contributed by atoms with E-state index in [0.717, 1.165) is 11.1 Å². The van der Waals surface area contributed by atoms with Gasteiger partial charge in [0.15, 0.2) is 0 Å². The maximum Gasteiger partial charge on any atom is 0.349 e. The maximum atomic E-state index is 13.3.